The van der Waals surface area contributed by atoms with Crippen molar-refractivity contribution in [3.05, 3.63) is 105 Å². The van der Waals surface area contributed by atoms with Gasteiger partial charge in [-0.3, -0.25) is 14.5 Å². The van der Waals surface area contributed by atoms with Crippen molar-refractivity contribution in [1.29, 1.82) is 0 Å². The smallest absolute Gasteiger partial charge is 0.295 e. The number of amides is 1. The van der Waals surface area contributed by atoms with Gasteiger partial charge in [-0.15, -0.1) is 0 Å². The van der Waals surface area contributed by atoms with E-state index in [0.29, 0.717) is 34.0 Å². The van der Waals surface area contributed by atoms with Gasteiger partial charge in [0.2, 0.25) is 5.76 Å². The van der Waals surface area contributed by atoms with Crippen molar-refractivity contribution in [2.45, 2.75) is 32.2 Å². The number of benzene rings is 3. The number of ether oxygens (including phenoxy) is 1. The first-order chi connectivity index (χ1) is 17.0. The number of anilines is 1. The molecule has 178 valence electrons. The zero-order valence-electron chi connectivity index (χ0n) is 19.1. The van der Waals surface area contributed by atoms with Gasteiger partial charge >= 0.3 is 0 Å². The maximum Gasteiger partial charge on any atom is 0.295 e. The molecule has 1 atom stereocenters. The summed E-state index contributed by atoms with van der Waals surface area (Å²) in [4.78, 5) is 28.6. The summed E-state index contributed by atoms with van der Waals surface area (Å²) >= 11 is 6.13. The molecular weight excluding hydrogens is 469 g/mol. The fourth-order valence-corrected chi connectivity index (χ4v) is 4.59. The van der Waals surface area contributed by atoms with Crippen LogP contribution in [0, 0.1) is 5.82 Å². The van der Waals surface area contributed by atoms with Crippen LogP contribution in [0.25, 0.3) is 11.0 Å². The number of nitrogens with zero attached hydrogens (tertiary/aromatic N) is 1. The zero-order valence-corrected chi connectivity index (χ0v) is 19.8. The first-order valence-corrected chi connectivity index (χ1v) is 11.9. The SMILES string of the molecule is CCCCCOc1ccc(C2c3c(oc4ccc(Cl)cc4c3=O)C(=O)N2c2ccc(F)cc2)cc1. The largest absolute Gasteiger partial charge is 0.494 e. The molecule has 0 bridgehead atoms. The molecule has 5 rings (SSSR count). The monoisotopic (exact) mass is 491 g/mol. The summed E-state index contributed by atoms with van der Waals surface area (Å²) in [5.41, 5.74) is 1.34. The number of carbonyl (C=O) groups is 1. The van der Waals surface area contributed by atoms with Crippen molar-refractivity contribution in [2.24, 2.45) is 0 Å². The Morgan fingerprint density at radius 1 is 1.00 bits per heavy atom. The van der Waals surface area contributed by atoms with Crippen LogP contribution in [-0.4, -0.2) is 12.5 Å². The average molecular weight is 492 g/mol. The van der Waals surface area contributed by atoms with Gasteiger partial charge in [0.1, 0.15) is 17.1 Å². The molecule has 0 aliphatic carbocycles. The van der Waals surface area contributed by atoms with E-state index in [1.165, 1.54) is 29.2 Å². The maximum atomic E-state index is 13.6. The van der Waals surface area contributed by atoms with Gasteiger partial charge in [0.25, 0.3) is 5.91 Å². The van der Waals surface area contributed by atoms with E-state index in [0.717, 1.165) is 19.3 Å². The lowest BCUT2D eigenvalue weighted by Gasteiger charge is -2.25. The van der Waals surface area contributed by atoms with E-state index in [1.54, 1.807) is 18.2 Å². The van der Waals surface area contributed by atoms with Crippen molar-refractivity contribution in [2.75, 3.05) is 11.5 Å². The molecule has 4 aromatic rings. The van der Waals surface area contributed by atoms with Gasteiger partial charge in [-0.1, -0.05) is 43.5 Å². The van der Waals surface area contributed by atoms with Crippen LogP contribution in [0.2, 0.25) is 5.02 Å². The van der Waals surface area contributed by atoms with E-state index in [2.05, 4.69) is 6.92 Å². The lowest BCUT2D eigenvalue weighted by Crippen LogP contribution is -2.29. The van der Waals surface area contributed by atoms with Crippen molar-refractivity contribution in [1.82, 2.24) is 0 Å². The third-order valence-electron chi connectivity index (χ3n) is 6.15. The Morgan fingerprint density at radius 2 is 1.74 bits per heavy atom. The van der Waals surface area contributed by atoms with Crippen LogP contribution in [0.3, 0.4) is 0 Å². The van der Waals surface area contributed by atoms with Gasteiger partial charge in [0.05, 0.1) is 23.6 Å². The number of unbranched alkanes of at least 4 members (excludes halogenated alkanes) is 2. The van der Waals surface area contributed by atoms with E-state index < -0.39 is 17.8 Å². The van der Waals surface area contributed by atoms with Crippen LogP contribution in [0.5, 0.6) is 5.75 Å². The minimum absolute atomic E-state index is 0.0287. The van der Waals surface area contributed by atoms with Crippen molar-refractivity contribution < 1.29 is 18.3 Å². The van der Waals surface area contributed by atoms with Gasteiger partial charge in [0.15, 0.2) is 5.43 Å². The zero-order chi connectivity index (χ0) is 24.5. The normalized spacial score (nSPS) is 15.0. The number of fused-ring (bicyclic) bond motifs is 2. The van der Waals surface area contributed by atoms with Crippen LogP contribution < -0.4 is 15.1 Å². The highest BCUT2D eigenvalue weighted by Crippen LogP contribution is 2.41. The molecule has 0 radical (unpaired) electrons. The molecule has 1 aromatic heterocycles. The summed E-state index contributed by atoms with van der Waals surface area (Å²) in [6, 6.07) is 16.9. The summed E-state index contributed by atoms with van der Waals surface area (Å²) in [5, 5.41) is 0.691. The summed E-state index contributed by atoms with van der Waals surface area (Å²) in [5.74, 6) is -0.210. The number of halogens is 2. The molecular formula is C28H23ClFNO4. The Balaban J connectivity index is 1.62. The van der Waals surface area contributed by atoms with E-state index in [1.807, 2.05) is 24.3 Å². The second-order valence-electron chi connectivity index (χ2n) is 8.49. The van der Waals surface area contributed by atoms with Gasteiger partial charge in [-0.25, -0.2) is 4.39 Å². The molecule has 35 heavy (non-hydrogen) atoms. The predicted octanol–water partition coefficient (Wildman–Crippen LogP) is 6.90. The first-order valence-electron chi connectivity index (χ1n) is 11.6. The molecule has 1 unspecified atom stereocenters. The Morgan fingerprint density at radius 3 is 2.46 bits per heavy atom. The van der Waals surface area contributed by atoms with Gasteiger partial charge in [0, 0.05) is 10.7 Å². The van der Waals surface area contributed by atoms with Crippen molar-refractivity contribution in [3.8, 4) is 5.75 Å². The van der Waals surface area contributed by atoms with E-state index >= 15 is 0 Å². The Labute approximate surface area is 206 Å². The summed E-state index contributed by atoms with van der Waals surface area (Å²) in [6.07, 6.45) is 3.18. The standard InChI is InChI=1S/C28H23ClFNO4/c1-2-3-4-15-34-21-12-5-17(6-13-21)25-24-26(32)22-16-18(29)7-14-23(22)35-27(24)28(33)31(25)20-10-8-19(30)9-11-20/h5-14,16,25H,2-4,15H2,1H3. The second-order valence-corrected chi connectivity index (χ2v) is 8.93. The highest BCUT2D eigenvalue weighted by Gasteiger charge is 2.43. The molecule has 2 heterocycles. The number of rotatable bonds is 7. The Hall–Kier alpha value is -3.64. The van der Waals surface area contributed by atoms with Crippen molar-refractivity contribution >= 4 is 34.2 Å². The average Bonchev–Trinajstić information content (AvgIpc) is 3.16. The van der Waals surface area contributed by atoms with Crippen LogP contribution in [0.1, 0.15) is 53.9 Å². The third kappa shape index (κ3) is 4.30. The number of hydrogen-bond acceptors (Lipinski definition) is 4. The molecule has 0 saturated heterocycles. The predicted molar refractivity (Wildman–Crippen MR) is 134 cm³/mol. The molecule has 3 aromatic carbocycles. The highest BCUT2D eigenvalue weighted by molar-refractivity contribution is 6.31. The van der Waals surface area contributed by atoms with Crippen LogP contribution in [-0.2, 0) is 0 Å². The molecule has 0 saturated carbocycles. The van der Waals surface area contributed by atoms with Gasteiger partial charge < -0.3 is 9.15 Å². The highest BCUT2D eigenvalue weighted by atomic mass is 35.5. The van der Waals surface area contributed by atoms with Gasteiger partial charge in [-0.05, 0) is 66.6 Å². The summed E-state index contributed by atoms with van der Waals surface area (Å²) < 4.78 is 25.4. The molecule has 1 aliphatic rings. The number of carbonyl (C=O) groups excluding carboxylic acids is 1. The Kier molecular flexibility index (Phi) is 6.31. The molecule has 1 aliphatic heterocycles. The topological polar surface area (TPSA) is 59.8 Å². The molecule has 5 nitrogen and oxygen atoms in total. The van der Waals surface area contributed by atoms with E-state index in [9.17, 15) is 14.0 Å². The van der Waals surface area contributed by atoms with Gasteiger partial charge in [-0.2, -0.15) is 0 Å². The summed E-state index contributed by atoms with van der Waals surface area (Å²) in [7, 11) is 0. The molecule has 1 amide bonds. The molecule has 0 spiro atoms. The quantitative estimate of drug-likeness (QED) is 0.264. The third-order valence-corrected chi connectivity index (χ3v) is 6.38. The summed E-state index contributed by atoms with van der Waals surface area (Å²) in [6.45, 7) is 2.76. The lowest BCUT2D eigenvalue weighted by molar-refractivity contribution is 0.0971. The second kappa shape index (κ2) is 9.55. The maximum absolute atomic E-state index is 13.6. The Bertz CT molecular complexity index is 1450. The fraction of sp³-hybridized carbons (Fsp3) is 0.214. The minimum atomic E-state index is -0.753. The molecule has 0 fully saturated rings. The number of hydrogen-bond donors (Lipinski definition) is 0. The molecule has 7 heteroatoms. The van der Waals surface area contributed by atoms with Crippen LogP contribution in [0.4, 0.5) is 10.1 Å². The van der Waals surface area contributed by atoms with E-state index in [-0.39, 0.29) is 22.3 Å². The molecule has 0 N–H and O–H groups in total. The lowest BCUT2D eigenvalue weighted by atomic mass is 9.98. The minimum Gasteiger partial charge on any atom is -0.494 e. The van der Waals surface area contributed by atoms with E-state index in [4.69, 9.17) is 20.8 Å². The fourth-order valence-electron chi connectivity index (χ4n) is 4.42. The van der Waals surface area contributed by atoms with Crippen LogP contribution >= 0.6 is 11.6 Å². The van der Waals surface area contributed by atoms with Crippen molar-refractivity contribution in [3.63, 3.8) is 0 Å². The first kappa shape index (κ1) is 23.1. The van der Waals surface area contributed by atoms with Crippen LogP contribution in [0.15, 0.2) is 75.9 Å².